The fourth-order valence-electron chi connectivity index (χ4n) is 2.63. The number of hydrogen-bond donors (Lipinski definition) is 1. The zero-order valence-electron chi connectivity index (χ0n) is 12.5. The molecule has 1 N–H and O–H groups in total. The van der Waals surface area contributed by atoms with Gasteiger partial charge in [-0.1, -0.05) is 31.2 Å². The molecule has 0 aromatic carbocycles. The lowest BCUT2D eigenvalue weighted by Gasteiger charge is -2.26. The Bertz CT molecular complexity index is 326. The predicted molar refractivity (Wildman–Crippen MR) is 76.5 cm³/mol. The summed E-state index contributed by atoms with van der Waals surface area (Å²) in [7, 11) is 1.72. The summed E-state index contributed by atoms with van der Waals surface area (Å²) in [5.41, 5.74) is 0.486. The Morgan fingerprint density at radius 1 is 1.56 bits per heavy atom. The van der Waals surface area contributed by atoms with E-state index in [4.69, 9.17) is 4.74 Å². The molecule has 0 bridgehead atoms. The maximum Gasteiger partial charge on any atom is 0.0802 e. The number of hydrogen-bond acceptors (Lipinski definition) is 2. The summed E-state index contributed by atoms with van der Waals surface area (Å²) in [5.74, 6) is 0.740. The third-order valence-electron chi connectivity index (χ3n) is 4.50. The number of aliphatic hydroxyl groups is 1. The van der Waals surface area contributed by atoms with E-state index in [0.29, 0.717) is 11.8 Å². The molecule has 0 aromatic heterocycles. The minimum atomic E-state index is -0.525. The highest BCUT2D eigenvalue weighted by atomic mass is 16.5. The van der Waals surface area contributed by atoms with E-state index in [9.17, 15) is 5.11 Å². The van der Waals surface area contributed by atoms with E-state index in [1.54, 1.807) is 7.11 Å². The molecule has 1 fully saturated rings. The first kappa shape index (κ1) is 15.5. The van der Waals surface area contributed by atoms with Crippen molar-refractivity contribution in [2.24, 2.45) is 11.8 Å². The fourth-order valence-corrected chi connectivity index (χ4v) is 2.63. The van der Waals surface area contributed by atoms with Crippen LogP contribution in [0, 0.1) is 11.8 Å². The minimum absolute atomic E-state index is 0.215. The Balaban J connectivity index is 2.53. The molecule has 1 aliphatic rings. The Kier molecular flexibility index (Phi) is 4.79. The van der Waals surface area contributed by atoms with Crippen LogP contribution in [-0.4, -0.2) is 23.4 Å². The van der Waals surface area contributed by atoms with E-state index in [0.717, 1.165) is 19.3 Å². The molecule has 0 aliphatic heterocycles. The molecule has 2 heteroatoms. The van der Waals surface area contributed by atoms with Crippen LogP contribution in [0.2, 0.25) is 0 Å². The van der Waals surface area contributed by atoms with E-state index in [2.05, 4.69) is 25.7 Å². The van der Waals surface area contributed by atoms with Crippen LogP contribution in [0.3, 0.4) is 0 Å². The molecule has 1 saturated carbocycles. The lowest BCUT2D eigenvalue weighted by atomic mass is 9.84. The van der Waals surface area contributed by atoms with E-state index >= 15 is 0 Å². The first-order valence-electron chi connectivity index (χ1n) is 6.82. The van der Waals surface area contributed by atoms with Crippen molar-refractivity contribution < 1.29 is 9.84 Å². The van der Waals surface area contributed by atoms with Gasteiger partial charge in [-0.25, -0.2) is 0 Å². The third-order valence-corrected chi connectivity index (χ3v) is 4.50. The normalized spacial score (nSPS) is 33.2. The Hall–Kier alpha value is -0.600. The van der Waals surface area contributed by atoms with Gasteiger partial charge in [0.25, 0.3) is 0 Å². The van der Waals surface area contributed by atoms with Gasteiger partial charge in [0.1, 0.15) is 0 Å². The predicted octanol–water partition coefficient (Wildman–Crippen LogP) is 3.71. The van der Waals surface area contributed by atoms with Gasteiger partial charge in [-0.05, 0) is 51.9 Å². The molecule has 0 amide bonds. The van der Waals surface area contributed by atoms with Crippen LogP contribution in [0.4, 0.5) is 0 Å². The zero-order valence-corrected chi connectivity index (χ0v) is 12.5. The topological polar surface area (TPSA) is 29.5 Å². The molecule has 0 aromatic rings. The molecule has 1 rings (SSSR count). The van der Waals surface area contributed by atoms with Crippen molar-refractivity contribution in [1.82, 2.24) is 0 Å². The second kappa shape index (κ2) is 5.58. The van der Waals surface area contributed by atoms with Crippen LogP contribution in [0.1, 0.15) is 47.0 Å². The maximum absolute atomic E-state index is 10.2. The first-order valence-corrected chi connectivity index (χ1v) is 6.82. The lowest BCUT2D eigenvalue weighted by molar-refractivity contribution is 0.0215. The second-order valence-electron chi connectivity index (χ2n) is 6.36. The molecular formula is C16H28O2. The van der Waals surface area contributed by atoms with Crippen LogP contribution in [-0.2, 0) is 4.74 Å². The van der Waals surface area contributed by atoms with Crippen LogP contribution in [0.15, 0.2) is 24.3 Å². The highest BCUT2D eigenvalue weighted by Crippen LogP contribution is 2.43. The number of allylic oxidation sites excluding steroid dienone is 2. The first-order chi connectivity index (χ1) is 8.19. The highest BCUT2D eigenvalue weighted by Gasteiger charge is 2.41. The lowest BCUT2D eigenvalue weighted by Crippen LogP contribution is -2.29. The van der Waals surface area contributed by atoms with E-state index < -0.39 is 5.60 Å². The molecule has 3 atom stereocenters. The minimum Gasteiger partial charge on any atom is -0.390 e. The number of methoxy groups -OCH3 is 1. The largest absolute Gasteiger partial charge is 0.390 e. The monoisotopic (exact) mass is 252 g/mol. The molecule has 0 saturated heterocycles. The number of rotatable bonds is 5. The van der Waals surface area contributed by atoms with Crippen molar-refractivity contribution in [3.05, 3.63) is 24.3 Å². The second-order valence-corrected chi connectivity index (χ2v) is 6.36. The third kappa shape index (κ3) is 3.69. The molecule has 0 heterocycles. The molecule has 18 heavy (non-hydrogen) atoms. The van der Waals surface area contributed by atoms with Crippen molar-refractivity contribution in [1.29, 1.82) is 0 Å². The maximum atomic E-state index is 10.2. The van der Waals surface area contributed by atoms with Gasteiger partial charge < -0.3 is 9.84 Å². The molecule has 1 aliphatic carbocycles. The summed E-state index contributed by atoms with van der Waals surface area (Å²) in [6.45, 7) is 12.3. The molecule has 2 nitrogen and oxygen atoms in total. The molecule has 3 unspecified atom stereocenters. The van der Waals surface area contributed by atoms with Gasteiger partial charge in [-0.3, -0.25) is 0 Å². The van der Waals surface area contributed by atoms with Crippen molar-refractivity contribution in [2.45, 2.75) is 58.2 Å². The fraction of sp³-hybridized carbons (Fsp3) is 0.750. The molecule has 0 spiro atoms. The summed E-state index contributed by atoms with van der Waals surface area (Å²) in [4.78, 5) is 0. The zero-order chi connectivity index (χ0) is 14.0. The SMILES string of the molecule is C=C(CC=CC(C)(C)OC)C1CCC(C)(O)C1C. The quantitative estimate of drug-likeness (QED) is 0.756. The summed E-state index contributed by atoms with van der Waals surface area (Å²) in [6.07, 6.45) is 7.01. The standard InChI is InChI=1S/C16H28O2/c1-12(8-7-10-15(3,4)18-6)14-9-11-16(5,17)13(14)2/h7,10,13-14,17H,1,8-9,11H2,2-6H3. The van der Waals surface area contributed by atoms with Crippen molar-refractivity contribution in [3.8, 4) is 0 Å². The van der Waals surface area contributed by atoms with E-state index in [1.165, 1.54) is 5.57 Å². The van der Waals surface area contributed by atoms with E-state index in [-0.39, 0.29) is 5.60 Å². The Morgan fingerprint density at radius 3 is 2.61 bits per heavy atom. The van der Waals surface area contributed by atoms with Crippen molar-refractivity contribution >= 4 is 0 Å². The molecule has 104 valence electrons. The van der Waals surface area contributed by atoms with Crippen LogP contribution in [0.5, 0.6) is 0 Å². The Morgan fingerprint density at radius 2 is 2.17 bits per heavy atom. The average Bonchev–Trinajstić information content (AvgIpc) is 2.54. The van der Waals surface area contributed by atoms with Gasteiger partial charge in [0.15, 0.2) is 0 Å². The highest BCUT2D eigenvalue weighted by molar-refractivity contribution is 5.14. The van der Waals surface area contributed by atoms with Crippen molar-refractivity contribution in [3.63, 3.8) is 0 Å². The summed E-state index contributed by atoms with van der Waals surface area (Å²) >= 11 is 0. The van der Waals surface area contributed by atoms with Gasteiger partial charge in [-0.15, -0.1) is 0 Å². The van der Waals surface area contributed by atoms with Crippen LogP contribution < -0.4 is 0 Å². The Labute approximate surface area is 112 Å². The molecular weight excluding hydrogens is 224 g/mol. The van der Waals surface area contributed by atoms with Crippen LogP contribution in [0.25, 0.3) is 0 Å². The van der Waals surface area contributed by atoms with Gasteiger partial charge in [-0.2, -0.15) is 0 Å². The summed E-state index contributed by atoms with van der Waals surface area (Å²) in [6, 6.07) is 0. The van der Waals surface area contributed by atoms with Crippen molar-refractivity contribution in [2.75, 3.05) is 7.11 Å². The smallest absolute Gasteiger partial charge is 0.0802 e. The van der Waals surface area contributed by atoms with Gasteiger partial charge in [0, 0.05) is 7.11 Å². The molecule has 0 radical (unpaired) electrons. The van der Waals surface area contributed by atoms with Crippen LogP contribution >= 0.6 is 0 Å². The summed E-state index contributed by atoms with van der Waals surface area (Å²) < 4.78 is 5.34. The average molecular weight is 252 g/mol. The van der Waals surface area contributed by atoms with Gasteiger partial charge in [0.05, 0.1) is 11.2 Å². The van der Waals surface area contributed by atoms with Gasteiger partial charge >= 0.3 is 0 Å². The summed E-state index contributed by atoms with van der Waals surface area (Å²) in [5, 5.41) is 10.2. The van der Waals surface area contributed by atoms with Gasteiger partial charge in [0.2, 0.25) is 0 Å². The van der Waals surface area contributed by atoms with E-state index in [1.807, 2.05) is 20.8 Å². The number of ether oxygens (including phenoxy) is 1.